The molecule has 1 amide bonds. The van der Waals surface area contributed by atoms with E-state index >= 15 is 0 Å². The van der Waals surface area contributed by atoms with Crippen LogP contribution in [0.4, 0.5) is 4.79 Å². The zero-order valence-electron chi connectivity index (χ0n) is 14.7. The number of carbonyl (C=O) groups is 2. The Hall–Kier alpha value is -2.04. The third kappa shape index (κ3) is 5.93. The van der Waals surface area contributed by atoms with Crippen molar-refractivity contribution < 1.29 is 19.4 Å². The maximum Gasteiger partial charge on any atom is 0.408 e. The predicted octanol–water partition coefficient (Wildman–Crippen LogP) is 4.00. The molecule has 0 aliphatic carbocycles. The summed E-state index contributed by atoms with van der Waals surface area (Å²) in [5, 5.41) is 12.4. The zero-order valence-corrected chi connectivity index (χ0v) is 14.7. The van der Waals surface area contributed by atoms with E-state index in [9.17, 15) is 14.7 Å². The second kappa shape index (κ2) is 7.02. The average molecular weight is 321 g/mol. The maximum absolute atomic E-state index is 12.2. The minimum Gasteiger partial charge on any atom is -0.481 e. The first-order valence-corrected chi connectivity index (χ1v) is 7.69. The van der Waals surface area contributed by atoms with Gasteiger partial charge in [0.25, 0.3) is 0 Å². The van der Waals surface area contributed by atoms with E-state index in [4.69, 9.17) is 4.74 Å². The summed E-state index contributed by atoms with van der Waals surface area (Å²) in [5.41, 5.74) is -0.451. The van der Waals surface area contributed by atoms with Gasteiger partial charge in [-0.2, -0.15) is 0 Å². The number of amides is 1. The van der Waals surface area contributed by atoms with Gasteiger partial charge in [-0.15, -0.1) is 0 Å². The topological polar surface area (TPSA) is 75.6 Å². The van der Waals surface area contributed by atoms with E-state index in [0.29, 0.717) is 0 Å². The van der Waals surface area contributed by atoms with Crippen molar-refractivity contribution in [3.63, 3.8) is 0 Å². The van der Waals surface area contributed by atoms with Gasteiger partial charge in [0, 0.05) is 0 Å². The first-order chi connectivity index (χ1) is 10.4. The number of hydrogen-bond acceptors (Lipinski definition) is 3. The Morgan fingerprint density at radius 2 is 1.57 bits per heavy atom. The molecule has 0 bridgehead atoms. The van der Waals surface area contributed by atoms with Crippen LogP contribution in [-0.2, 0) is 9.53 Å². The highest BCUT2D eigenvalue weighted by Gasteiger charge is 2.40. The molecule has 1 aromatic rings. The maximum atomic E-state index is 12.2. The summed E-state index contributed by atoms with van der Waals surface area (Å²) in [6, 6.07) is 8.43. The van der Waals surface area contributed by atoms with Crippen LogP contribution in [0.25, 0.3) is 0 Å². The average Bonchev–Trinajstić information content (AvgIpc) is 2.34. The Balaban J connectivity index is 3.17. The van der Waals surface area contributed by atoms with E-state index in [0.717, 1.165) is 5.56 Å². The van der Waals surface area contributed by atoms with E-state index < -0.39 is 35.0 Å². The Morgan fingerprint density at radius 1 is 1.04 bits per heavy atom. The normalized spacial score (nSPS) is 14.7. The highest BCUT2D eigenvalue weighted by atomic mass is 16.6. The van der Waals surface area contributed by atoms with E-state index in [2.05, 4.69) is 5.32 Å². The molecular weight excluding hydrogens is 294 g/mol. The Kier molecular flexibility index (Phi) is 5.81. The van der Waals surface area contributed by atoms with Crippen molar-refractivity contribution in [2.24, 2.45) is 11.3 Å². The number of hydrogen-bond donors (Lipinski definition) is 2. The lowest BCUT2D eigenvalue weighted by Crippen LogP contribution is -2.44. The number of aliphatic carboxylic acids is 1. The van der Waals surface area contributed by atoms with Crippen molar-refractivity contribution >= 4 is 12.1 Å². The van der Waals surface area contributed by atoms with Gasteiger partial charge in [-0.1, -0.05) is 51.1 Å². The van der Waals surface area contributed by atoms with E-state index in [-0.39, 0.29) is 0 Å². The number of carboxylic acids is 1. The van der Waals surface area contributed by atoms with Crippen LogP contribution >= 0.6 is 0 Å². The molecular formula is C18H27NO4. The highest BCUT2D eigenvalue weighted by Crippen LogP contribution is 2.36. The summed E-state index contributed by atoms with van der Waals surface area (Å²) >= 11 is 0. The molecule has 5 heteroatoms. The molecule has 5 nitrogen and oxygen atoms in total. The lowest BCUT2D eigenvalue weighted by atomic mass is 9.74. The van der Waals surface area contributed by atoms with Crippen LogP contribution in [0.5, 0.6) is 0 Å². The molecule has 23 heavy (non-hydrogen) atoms. The molecule has 0 aromatic heterocycles. The number of rotatable bonds is 4. The summed E-state index contributed by atoms with van der Waals surface area (Å²) < 4.78 is 5.29. The molecule has 0 radical (unpaired) electrons. The second-order valence-electron chi connectivity index (χ2n) is 7.72. The van der Waals surface area contributed by atoms with Gasteiger partial charge in [0.1, 0.15) is 5.60 Å². The first-order valence-electron chi connectivity index (χ1n) is 7.69. The Morgan fingerprint density at radius 3 is 1.96 bits per heavy atom. The van der Waals surface area contributed by atoms with Crippen LogP contribution in [0.3, 0.4) is 0 Å². The standard InChI is InChI=1S/C18H27NO4/c1-17(2,3)13(15(20)21)14(12-10-8-7-9-11-12)19-16(22)23-18(4,5)6/h7-11,13-14H,1-6H3,(H,19,22)(H,20,21). The number of nitrogens with one attached hydrogen (secondary N) is 1. The van der Waals surface area contributed by atoms with Gasteiger partial charge >= 0.3 is 12.1 Å². The molecule has 0 aliphatic heterocycles. The lowest BCUT2D eigenvalue weighted by molar-refractivity contribution is -0.147. The Labute approximate surface area is 138 Å². The third-order valence-corrected chi connectivity index (χ3v) is 3.36. The molecule has 0 spiro atoms. The fourth-order valence-electron chi connectivity index (χ4n) is 2.47. The minimum absolute atomic E-state index is 0.540. The molecule has 2 atom stereocenters. The SMILES string of the molecule is CC(C)(C)OC(=O)NC(c1ccccc1)C(C(=O)O)C(C)(C)C. The van der Waals surface area contributed by atoms with Gasteiger partial charge in [-0.25, -0.2) is 4.79 Å². The molecule has 0 saturated heterocycles. The van der Waals surface area contributed by atoms with E-state index in [1.165, 1.54) is 0 Å². The van der Waals surface area contributed by atoms with Crippen LogP contribution < -0.4 is 5.32 Å². The number of alkyl carbamates (subject to hydrolysis) is 1. The van der Waals surface area contributed by atoms with Gasteiger partial charge in [0.15, 0.2) is 0 Å². The van der Waals surface area contributed by atoms with Crippen molar-refractivity contribution in [3.05, 3.63) is 35.9 Å². The van der Waals surface area contributed by atoms with Crippen molar-refractivity contribution in [2.75, 3.05) is 0 Å². The summed E-state index contributed by atoms with van der Waals surface area (Å²) in [6.45, 7) is 10.8. The van der Waals surface area contributed by atoms with Crippen LogP contribution in [0, 0.1) is 11.3 Å². The molecule has 0 fully saturated rings. The number of carboxylic acid groups (broad SMARTS) is 1. The summed E-state index contributed by atoms with van der Waals surface area (Å²) in [6.07, 6.45) is -0.623. The summed E-state index contributed by atoms with van der Waals surface area (Å²) in [5.74, 6) is -1.75. The molecule has 2 unspecified atom stereocenters. The smallest absolute Gasteiger partial charge is 0.408 e. The Bertz CT molecular complexity index is 540. The molecule has 0 saturated carbocycles. The largest absolute Gasteiger partial charge is 0.481 e. The van der Waals surface area contributed by atoms with E-state index in [1.807, 2.05) is 51.1 Å². The monoisotopic (exact) mass is 321 g/mol. The van der Waals surface area contributed by atoms with Crippen molar-refractivity contribution in [3.8, 4) is 0 Å². The summed E-state index contributed by atoms with van der Waals surface area (Å²) in [4.78, 5) is 24.0. The minimum atomic E-state index is -0.956. The number of carbonyl (C=O) groups excluding carboxylic acids is 1. The molecule has 0 aliphatic rings. The van der Waals surface area contributed by atoms with Crippen LogP contribution in [0.2, 0.25) is 0 Å². The van der Waals surface area contributed by atoms with Gasteiger partial charge < -0.3 is 15.2 Å². The van der Waals surface area contributed by atoms with E-state index in [1.54, 1.807) is 20.8 Å². The fraction of sp³-hybridized carbons (Fsp3) is 0.556. The van der Waals surface area contributed by atoms with Crippen LogP contribution in [0.15, 0.2) is 30.3 Å². The second-order valence-corrected chi connectivity index (χ2v) is 7.72. The van der Waals surface area contributed by atoms with Crippen molar-refractivity contribution in [1.82, 2.24) is 5.32 Å². The molecule has 1 aromatic carbocycles. The quantitative estimate of drug-likeness (QED) is 0.879. The lowest BCUT2D eigenvalue weighted by Gasteiger charge is -2.35. The number of ether oxygens (including phenoxy) is 1. The number of benzene rings is 1. The van der Waals surface area contributed by atoms with Crippen LogP contribution in [0.1, 0.15) is 53.1 Å². The molecule has 0 heterocycles. The van der Waals surface area contributed by atoms with Crippen LogP contribution in [-0.4, -0.2) is 22.8 Å². The van der Waals surface area contributed by atoms with Gasteiger partial charge in [-0.3, -0.25) is 4.79 Å². The van der Waals surface area contributed by atoms with Gasteiger partial charge in [-0.05, 0) is 31.7 Å². The molecule has 2 N–H and O–H groups in total. The summed E-state index contributed by atoms with van der Waals surface area (Å²) in [7, 11) is 0. The van der Waals surface area contributed by atoms with Crippen molar-refractivity contribution in [1.29, 1.82) is 0 Å². The molecule has 1 rings (SSSR count). The predicted molar refractivity (Wildman–Crippen MR) is 89.1 cm³/mol. The molecule has 128 valence electrons. The zero-order chi connectivity index (χ0) is 17.8. The highest BCUT2D eigenvalue weighted by molar-refractivity contribution is 5.75. The first kappa shape index (κ1) is 19.0. The fourth-order valence-corrected chi connectivity index (χ4v) is 2.47. The van der Waals surface area contributed by atoms with Gasteiger partial charge in [0.2, 0.25) is 0 Å². The van der Waals surface area contributed by atoms with Gasteiger partial charge in [0.05, 0.1) is 12.0 Å². The van der Waals surface area contributed by atoms with Crippen molar-refractivity contribution in [2.45, 2.75) is 53.2 Å². The third-order valence-electron chi connectivity index (χ3n) is 3.36.